The Labute approximate surface area is 111 Å². The van der Waals surface area contributed by atoms with E-state index >= 15 is 0 Å². The van der Waals surface area contributed by atoms with E-state index in [1.165, 1.54) is 16.9 Å². The van der Waals surface area contributed by atoms with E-state index in [1.807, 2.05) is 35.7 Å². The van der Waals surface area contributed by atoms with E-state index in [1.54, 1.807) is 6.92 Å². The van der Waals surface area contributed by atoms with Gasteiger partial charge in [0.15, 0.2) is 0 Å². The van der Waals surface area contributed by atoms with Gasteiger partial charge >= 0.3 is 0 Å². The number of thiophene rings is 1. The predicted octanol–water partition coefficient (Wildman–Crippen LogP) is 4.22. The van der Waals surface area contributed by atoms with E-state index in [4.69, 9.17) is 11.6 Å². The lowest BCUT2D eigenvalue weighted by Gasteiger charge is -2.23. The Morgan fingerprint density at radius 3 is 2.35 bits per heavy atom. The molecule has 0 fully saturated rings. The summed E-state index contributed by atoms with van der Waals surface area (Å²) >= 11 is 7.56. The Morgan fingerprint density at radius 1 is 1.24 bits per heavy atom. The number of rotatable bonds is 3. The third kappa shape index (κ3) is 2.39. The molecule has 1 aromatic heterocycles. The third-order valence-electron chi connectivity index (χ3n) is 2.98. The SMILES string of the molecule is CCc1ccc(C(C)(O)c2sccc2Cl)cc1. The van der Waals surface area contributed by atoms with Crippen molar-refractivity contribution in [2.45, 2.75) is 25.9 Å². The Kier molecular flexibility index (Phi) is 3.57. The van der Waals surface area contributed by atoms with E-state index in [0.717, 1.165) is 16.9 Å². The molecule has 90 valence electrons. The summed E-state index contributed by atoms with van der Waals surface area (Å²) in [5.41, 5.74) is 1.12. The fourth-order valence-corrected chi connectivity index (χ4v) is 3.16. The Bertz CT molecular complexity index is 499. The molecule has 1 unspecified atom stereocenters. The third-order valence-corrected chi connectivity index (χ3v) is 4.54. The molecule has 2 rings (SSSR count). The van der Waals surface area contributed by atoms with Crippen LogP contribution < -0.4 is 0 Å². The van der Waals surface area contributed by atoms with Crippen LogP contribution in [0.2, 0.25) is 5.02 Å². The summed E-state index contributed by atoms with van der Waals surface area (Å²) < 4.78 is 0. The molecule has 0 saturated heterocycles. The van der Waals surface area contributed by atoms with E-state index in [-0.39, 0.29) is 0 Å². The summed E-state index contributed by atoms with van der Waals surface area (Å²) in [6.07, 6.45) is 1.00. The van der Waals surface area contributed by atoms with Gasteiger partial charge in [-0.3, -0.25) is 0 Å². The fraction of sp³-hybridized carbons (Fsp3) is 0.286. The first kappa shape index (κ1) is 12.6. The molecule has 1 N–H and O–H groups in total. The molecule has 0 saturated carbocycles. The van der Waals surface area contributed by atoms with Crippen LogP contribution in [0.1, 0.15) is 29.9 Å². The van der Waals surface area contributed by atoms with Crippen molar-refractivity contribution in [3.8, 4) is 0 Å². The first-order valence-electron chi connectivity index (χ1n) is 5.61. The first-order valence-corrected chi connectivity index (χ1v) is 6.86. The van der Waals surface area contributed by atoms with Crippen LogP contribution >= 0.6 is 22.9 Å². The predicted molar refractivity (Wildman–Crippen MR) is 73.8 cm³/mol. The Morgan fingerprint density at radius 2 is 1.88 bits per heavy atom. The van der Waals surface area contributed by atoms with Crippen molar-refractivity contribution in [1.82, 2.24) is 0 Å². The summed E-state index contributed by atoms with van der Waals surface area (Å²) in [5, 5.41) is 13.1. The zero-order chi connectivity index (χ0) is 12.5. The molecule has 17 heavy (non-hydrogen) atoms. The van der Waals surface area contributed by atoms with Crippen molar-refractivity contribution in [1.29, 1.82) is 0 Å². The maximum absolute atomic E-state index is 10.6. The van der Waals surface area contributed by atoms with E-state index < -0.39 is 5.60 Å². The molecule has 0 aliphatic rings. The molecule has 1 aromatic carbocycles. The Hall–Kier alpha value is -0.830. The van der Waals surface area contributed by atoms with Gasteiger partial charge in [0.25, 0.3) is 0 Å². The second-order valence-corrected chi connectivity index (χ2v) is 5.54. The number of halogens is 1. The van der Waals surface area contributed by atoms with Crippen LogP contribution in [0.3, 0.4) is 0 Å². The van der Waals surface area contributed by atoms with Gasteiger partial charge in [-0.05, 0) is 35.9 Å². The molecular formula is C14H15ClOS. The van der Waals surface area contributed by atoms with Crippen molar-refractivity contribution < 1.29 is 5.11 Å². The van der Waals surface area contributed by atoms with Crippen LogP contribution in [-0.2, 0) is 12.0 Å². The highest BCUT2D eigenvalue weighted by Gasteiger charge is 2.29. The molecule has 0 aliphatic carbocycles. The van der Waals surface area contributed by atoms with Crippen molar-refractivity contribution >= 4 is 22.9 Å². The van der Waals surface area contributed by atoms with Crippen molar-refractivity contribution in [2.75, 3.05) is 0 Å². The highest BCUT2D eigenvalue weighted by Crippen LogP contribution is 2.37. The number of benzene rings is 1. The number of hydrogen-bond acceptors (Lipinski definition) is 2. The van der Waals surface area contributed by atoms with Crippen LogP contribution in [0.25, 0.3) is 0 Å². The van der Waals surface area contributed by atoms with Gasteiger partial charge in [0.05, 0.1) is 9.90 Å². The lowest BCUT2D eigenvalue weighted by atomic mass is 9.93. The maximum atomic E-state index is 10.6. The highest BCUT2D eigenvalue weighted by atomic mass is 35.5. The summed E-state index contributed by atoms with van der Waals surface area (Å²) in [4.78, 5) is 0.795. The molecule has 0 amide bonds. The maximum Gasteiger partial charge on any atom is 0.122 e. The Balaban J connectivity index is 2.40. The molecule has 2 aromatic rings. The van der Waals surface area contributed by atoms with Crippen molar-refractivity contribution in [2.24, 2.45) is 0 Å². The molecule has 0 spiro atoms. The van der Waals surface area contributed by atoms with Gasteiger partial charge in [-0.25, -0.2) is 0 Å². The summed E-state index contributed by atoms with van der Waals surface area (Å²) in [5.74, 6) is 0. The van der Waals surface area contributed by atoms with Crippen LogP contribution in [0.5, 0.6) is 0 Å². The average Bonchev–Trinajstić information content (AvgIpc) is 2.76. The zero-order valence-corrected chi connectivity index (χ0v) is 11.5. The van der Waals surface area contributed by atoms with Gasteiger partial charge in [-0.15, -0.1) is 11.3 Å². The molecule has 1 heterocycles. The fourth-order valence-electron chi connectivity index (χ4n) is 1.84. The normalized spacial score (nSPS) is 14.6. The summed E-state index contributed by atoms with van der Waals surface area (Å²) in [6.45, 7) is 3.90. The second-order valence-electron chi connectivity index (χ2n) is 4.22. The van der Waals surface area contributed by atoms with E-state index in [9.17, 15) is 5.11 Å². The number of aliphatic hydroxyl groups is 1. The lowest BCUT2D eigenvalue weighted by molar-refractivity contribution is 0.106. The summed E-state index contributed by atoms with van der Waals surface area (Å²) in [7, 11) is 0. The first-order chi connectivity index (χ1) is 8.05. The molecule has 1 nitrogen and oxygen atoms in total. The van der Waals surface area contributed by atoms with E-state index in [2.05, 4.69) is 6.92 Å². The minimum atomic E-state index is -1.02. The van der Waals surface area contributed by atoms with Gasteiger partial charge in [0.2, 0.25) is 0 Å². The second kappa shape index (κ2) is 4.81. The minimum absolute atomic E-state index is 0.625. The topological polar surface area (TPSA) is 20.2 Å². The van der Waals surface area contributed by atoms with Gasteiger partial charge < -0.3 is 5.11 Å². The molecule has 0 radical (unpaired) electrons. The average molecular weight is 267 g/mol. The molecule has 0 bridgehead atoms. The number of hydrogen-bond donors (Lipinski definition) is 1. The van der Waals surface area contributed by atoms with E-state index in [0.29, 0.717) is 5.02 Å². The summed E-state index contributed by atoms with van der Waals surface area (Å²) in [6, 6.07) is 9.84. The van der Waals surface area contributed by atoms with Crippen molar-refractivity contribution in [3.63, 3.8) is 0 Å². The van der Waals surface area contributed by atoms with Crippen LogP contribution in [0.4, 0.5) is 0 Å². The van der Waals surface area contributed by atoms with Gasteiger partial charge in [-0.2, -0.15) is 0 Å². The molecule has 3 heteroatoms. The van der Waals surface area contributed by atoms with Crippen LogP contribution in [-0.4, -0.2) is 5.11 Å². The van der Waals surface area contributed by atoms with Gasteiger partial charge in [-0.1, -0.05) is 42.8 Å². The molecule has 0 aliphatic heterocycles. The zero-order valence-electron chi connectivity index (χ0n) is 9.90. The quantitative estimate of drug-likeness (QED) is 0.882. The number of aryl methyl sites for hydroxylation is 1. The van der Waals surface area contributed by atoms with Crippen molar-refractivity contribution in [3.05, 3.63) is 56.7 Å². The highest BCUT2D eigenvalue weighted by molar-refractivity contribution is 7.10. The minimum Gasteiger partial charge on any atom is -0.380 e. The lowest BCUT2D eigenvalue weighted by Crippen LogP contribution is -2.21. The standard InChI is InChI=1S/C14H15ClOS/c1-3-10-4-6-11(7-5-10)14(2,16)13-12(15)8-9-17-13/h4-9,16H,3H2,1-2H3. The van der Waals surface area contributed by atoms with Crippen LogP contribution in [0.15, 0.2) is 35.7 Å². The van der Waals surface area contributed by atoms with Gasteiger partial charge in [0.1, 0.15) is 5.60 Å². The largest absolute Gasteiger partial charge is 0.380 e. The molecular weight excluding hydrogens is 252 g/mol. The van der Waals surface area contributed by atoms with Gasteiger partial charge in [0, 0.05) is 0 Å². The molecule has 1 atom stereocenters. The smallest absolute Gasteiger partial charge is 0.122 e. The van der Waals surface area contributed by atoms with Crippen LogP contribution in [0, 0.1) is 0 Å². The monoisotopic (exact) mass is 266 g/mol.